The molecule has 0 amide bonds. The molecular formula is C19H21FIN7O. The van der Waals surface area contributed by atoms with Crippen LogP contribution in [0.5, 0.6) is 0 Å². The Hall–Kier alpha value is -2.89. The van der Waals surface area contributed by atoms with Gasteiger partial charge in [0.15, 0.2) is 11.7 Å². The summed E-state index contributed by atoms with van der Waals surface area (Å²) in [6, 6.07) is 8.34. The highest BCUT2D eigenvalue weighted by Gasteiger charge is 2.09. The number of aromatic nitrogens is 4. The first kappa shape index (κ1) is 20.8. The molecule has 152 valence electrons. The van der Waals surface area contributed by atoms with Crippen molar-refractivity contribution in [3.05, 3.63) is 60.0 Å². The van der Waals surface area contributed by atoms with Crippen LogP contribution in [0.15, 0.2) is 52.2 Å². The number of benzene rings is 1. The van der Waals surface area contributed by atoms with E-state index in [0.29, 0.717) is 36.5 Å². The van der Waals surface area contributed by atoms with Gasteiger partial charge in [0, 0.05) is 30.7 Å². The first-order chi connectivity index (χ1) is 13.7. The molecule has 0 bridgehead atoms. The van der Waals surface area contributed by atoms with Crippen LogP contribution in [0.25, 0.3) is 22.5 Å². The third kappa shape index (κ3) is 4.94. The van der Waals surface area contributed by atoms with Crippen molar-refractivity contribution >= 4 is 40.8 Å². The Bertz CT molecular complexity index is 1090. The number of halogens is 2. The first-order valence-corrected chi connectivity index (χ1v) is 8.88. The Balaban J connectivity index is 0.00000240. The first-order valence-electron chi connectivity index (χ1n) is 8.88. The van der Waals surface area contributed by atoms with Gasteiger partial charge in [-0.2, -0.15) is 0 Å². The SMILES string of the molecule is CN=C(NCCc1c[nH]c2ccc(F)cc12)NCc1nc(-c2ccco2)n[nH]1.I. The van der Waals surface area contributed by atoms with Gasteiger partial charge in [0.05, 0.1) is 12.8 Å². The minimum Gasteiger partial charge on any atom is -0.461 e. The fourth-order valence-corrected chi connectivity index (χ4v) is 2.95. The highest BCUT2D eigenvalue weighted by Crippen LogP contribution is 2.19. The number of aliphatic imine (C=N–C) groups is 1. The van der Waals surface area contributed by atoms with Crippen molar-refractivity contribution in [1.82, 2.24) is 30.8 Å². The molecule has 0 atom stereocenters. The van der Waals surface area contributed by atoms with Crippen LogP contribution in [0.2, 0.25) is 0 Å². The molecule has 8 nitrogen and oxygen atoms in total. The predicted octanol–water partition coefficient (Wildman–Crippen LogP) is 3.21. The molecule has 3 heterocycles. The van der Waals surface area contributed by atoms with E-state index in [2.05, 4.69) is 35.8 Å². The van der Waals surface area contributed by atoms with Gasteiger partial charge in [-0.05, 0) is 42.3 Å². The maximum atomic E-state index is 13.5. The van der Waals surface area contributed by atoms with Crippen molar-refractivity contribution in [2.75, 3.05) is 13.6 Å². The molecule has 4 aromatic rings. The number of hydrogen-bond acceptors (Lipinski definition) is 4. The quantitative estimate of drug-likeness (QED) is 0.182. The van der Waals surface area contributed by atoms with Crippen LogP contribution < -0.4 is 10.6 Å². The number of rotatable bonds is 6. The number of guanidine groups is 1. The summed E-state index contributed by atoms with van der Waals surface area (Å²) < 4.78 is 18.8. The third-order valence-electron chi connectivity index (χ3n) is 4.34. The van der Waals surface area contributed by atoms with Gasteiger partial charge in [-0.1, -0.05) is 0 Å². The summed E-state index contributed by atoms with van der Waals surface area (Å²) in [5, 5.41) is 14.3. The summed E-state index contributed by atoms with van der Waals surface area (Å²) in [4.78, 5) is 11.7. The molecule has 0 aliphatic rings. The fourth-order valence-electron chi connectivity index (χ4n) is 2.95. The summed E-state index contributed by atoms with van der Waals surface area (Å²) in [7, 11) is 1.70. The molecule has 29 heavy (non-hydrogen) atoms. The van der Waals surface area contributed by atoms with Gasteiger partial charge in [0.1, 0.15) is 11.6 Å². The van der Waals surface area contributed by atoms with E-state index in [4.69, 9.17) is 4.42 Å². The largest absolute Gasteiger partial charge is 0.461 e. The molecule has 0 unspecified atom stereocenters. The summed E-state index contributed by atoms with van der Waals surface area (Å²) in [5.74, 6) is 2.19. The standard InChI is InChI=1S/C19H20FN7O.HI/c1-21-19(24-11-17-25-18(27-26-17)16-3-2-8-28-16)22-7-6-12-10-23-15-5-4-13(20)9-14(12)15;/h2-5,8-10,23H,6-7,11H2,1H3,(H2,21,22,24)(H,25,26,27);1H. The average molecular weight is 509 g/mol. The van der Waals surface area contributed by atoms with Gasteiger partial charge in [0.25, 0.3) is 0 Å². The number of H-pyrrole nitrogens is 2. The van der Waals surface area contributed by atoms with Crippen LogP contribution in [0, 0.1) is 5.82 Å². The van der Waals surface area contributed by atoms with E-state index in [1.54, 1.807) is 37.6 Å². The Morgan fingerprint density at radius 2 is 2.17 bits per heavy atom. The van der Waals surface area contributed by atoms with Crippen molar-refractivity contribution in [3.63, 3.8) is 0 Å². The van der Waals surface area contributed by atoms with Gasteiger partial charge in [0.2, 0.25) is 5.82 Å². The summed E-state index contributed by atoms with van der Waals surface area (Å²) in [6.07, 6.45) is 4.22. The molecule has 1 aromatic carbocycles. The van der Waals surface area contributed by atoms with Crippen LogP contribution in [0.4, 0.5) is 4.39 Å². The second-order valence-corrected chi connectivity index (χ2v) is 6.19. The van der Waals surface area contributed by atoms with Crippen molar-refractivity contribution < 1.29 is 8.81 Å². The second kappa shape index (κ2) is 9.54. The van der Waals surface area contributed by atoms with Crippen LogP contribution in [0.3, 0.4) is 0 Å². The van der Waals surface area contributed by atoms with E-state index in [1.165, 1.54) is 6.07 Å². The zero-order chi connectivity index (χ0) is 19.3. The molecule has 0 fully saturated rings. The van der Waals surface area contributed by atoms with E-state index in [9.17, 15) is 4.39 Å². The molecule has 4 rings (SSSR count). The Morgan fingerprint density at radius 1 is 1.28 bits per heavy atom. The molecular weight excluding hydrogens is 488 g/mol. The van der Waals surface area contributed by atoms with Crippen molar-refractivity contribution in [2.45, 2.75) is 13.0 Å². The Morgan fingerprint density at radius 3 is 2.97 bits per heavy atom. The lowest BCUT2D eigenvalue weighted by molar-refractivity contribution is 0.577. The fraction of sp³-hybridized carbons (Fsp3) is 0.211. The number of hydrogen-bond donors (Lipinski definition) is 4. The van der Waals surface area contributed by atoms with Gasteiger partial charge in [-0.15, -0.1) is 29.1 Å². The van der Waals surface area contributed by atoms with Gasteiger partial charge < -0.3 is 20.0 Å². The lowest BCUT2D eigenvalue weighted by Gasteiger charge is -2.10. The minimum absolute atomic E-state index is 0. The Kier molecular flexibility index (Phi) is 6.86. The summed E-state index contributed by atoms with van der Waals surface area (Å²) in [6.45, 7) is 1.09. The van der Waals surface area contributed by atoms with E-state index < -0.39 is 0 Å². The number of nitrogens with zero attached hydrogens (tertiary/aromatic N) is 3. The number of aromatic amines is 2. The number of fused-ring (bicyclic) bond motifs is 1. The predicted molar refractivity (Wildman–Crippen MR) is 120 cm³/mol. The normalized spacial score (nSPS) is 11.4. The van der Waals surface area contributed by atoms with Gasteiger partial charge >= 0.3 is 0 Å². The Labute approximate surface area is 183 Å². The maximum absolute atomic E-state index is 13.5. The molecule has 0 radical (unpaired) electrons. The topological polar surface area (TPSA) is 107 Å². The van der Waals surface area contributed by atoms with Gasteiger partial charge in [-0.3, -0.25) is 10.1 Å². The lowest BCUT2D eigenvalue weighted by Crippen LogP contribution is -2.38. The molecule has 3 aromatic heterocycles. The molecule has 10 heteroatoms. The monoisotopic (exact) mass is 509 g/mol. The van der Waals surface area contributed by atoms with E-state index >= 15 is 0 Å². The second-order valence-electron chi connectivity index (χ2n) is 6.19. The molecule has 0 aliphatic carbocycles. The molecule has 0 saturated heterocycles. The van der Waals surface area contributed by atoms with Crippen LogP contribution in [0.1, 0.15) is 11.4 Å². The van der Waals surface area contributed by atoms with E-state index in [1.807, 2.05) is 6.20 Å². The smallest absolute Gasteiger partial charge is 0.216 e. The third-order valence-corrected chi connectivity index (χ3v) is 4.34. The highest BCUT2D eigenvalue weighted by molar-refractivity contribution is 14.0. The number of furan rings is 1. The van der Waals surface area contributed by atoms with Crippen molar-refractivity contribution in [3.8, 4) is 11.6 Å². The maximum Gasteiger partial charge on any atom is 0.216 e. The van der Waals surface area contributed by atoms with Crippen molar-refractivity contribution in [2.24, 2.45) is 4.99 Å². The van der Waals surface area contributed by atoms with Crippen molar-refractivity contribution in [1.29, 1.82) is 0 Å². The van der Waals surface area contributed by atoms with Crippen LogP contribution in [-0.4, -0.2) is 39.7 Å². The molecule has 0 aliphatic heterocycles. The highest BCUT2D eigenvalue weighted by atomic mass is 127. The minimum atomic E-state index is -0.236. The molecule has 0 spiro atoms. The zero-order valence-electron chi connectivity index (χ0n) is 15.7. The van der Waals surface area contributed by atoms with E-state index in [0.717, 1.165) is 22.9 Å². The van der Waals surface area contributed by atoms with Crippen LogP contribution >= 0.6 is 24.0 Å². The summed E-state index contributed by atoms with van der Waals surface area (Å²) in [5.41, 5.74) is 1.98. The molecule has 4 N–H and O–H groups in total. The zero-order valence-corrected chi connectivity index (χ0v) is 18.0. The average Bonchev–Trinajstić information content (AvgIpc) is 3.45. The number of nitrogens with one attached hydrogen (secondary N) is 4. The lowest BCUT2D eigenvalue weighted by atomic mass is 10.1. The van der Waals surface area contributed by atoms with E-state index in [-0.39, 0.29) is 29.8 Å². The van der Waals surface area contributed by atoms with Gasteiger partial charge in [-0.25, -0.2) is 9.37 Å². The van der Waals surface area contributed by atoms with Crippen LogP contribution in [-0.2, 0) is 13.0 Å². The molecule has 0 saturated carbocycles. The summed E-state index contributed by atoms with van der Waals surface area (Å²) >= 11 is 0.